The molecule has 5 atom stereocenters. The lowest BCUT2D eigenvalue weighted by atomic mass is 9.61. The molecule has 1 heterocycles. The SMILES string of the molecule is CCCCCCCCCCCCCCCC[C@@]1(O)[C@](O)(CCCCCCCCCCCCCCCC)C(Br)O[C@H](C)[C@@]1(O)CCCCCCCCCCCCCCCC. The van der Waals surface area contributed by atoms with Gasteiger partial charge in [0.2, 0.25) is 0 Å². The lowest BCUT2D eigenvalue weighted by molar-refractivity contribution is -0.341. The summed E-state index contributed by atoms with van der Waals surface area (Å²) in [5, 5.41) is 37.3. The third-order valence-corrected chi connectivity index (χ3v) is 15.5. The van der Waals surface area contributed by atoms with Crippen molar-refractivity contribution >= 4 is 15.9 Å². The van der Waals surface area contributed by atoms with Crippen LogP contribution < -0.4 is 0 Å². The Kier molecular flexibility index (Phi) is 37.7. The molecule has 0 bridgehead atoms. The van der Waals surface area contributed by atoms with Gasteiger partial charge in [-0.15, -0.1) is 0 Å². The van der Waals surface area contributed by atoms with Crippen molar-refractivity contribution in [2.45, 2.75) is 345 Å². The molecule has 1 rings (SSSR count). The average Bonchev–Trinajstić information content (AvgIpc) is 3.23. The van der Waals surface area contributed by atoms with Crippen LogP contribution in [0.4, 0.5) is 0 Å². The zero-order chi connectivity index (χ0) is 43.2. The van der Waals surface area contributed by atoms with Crippen LogP contribution in [0.25, 0.3) is 0 Å². The van der Waals surface area contributed by atoms with Crippen molar-refractivity contribution in [3.63, 3.8) is 0 Å². The van der Waals surface area contributed by atoms with E-state index in [0.29, 0.717) is 19.3 Å². The van der Waals surface area contributed by atoms with Gasteiger partial charge in [0, 0.05) is 0 Å². The van der Waals surface area contributed by atoms with Crippen LogP contribution in [0.3, 0.4) is 0 Å². The first-order valence-corrected chi connectivity index (χ1v) is 28.1. The monoisotopic (exact) mass is 899 g/mol. The van der Waals surface area contributed by atoms with E-state index in [9.17, 15) is 15.3 Å². The highest BCUT2D eigenvalue weighted by Gasteiger charge is 2.69. The number of halogens is 1. The fourth-order valence-electron chi connectivity index (χ4n) is 10.2. The summed E-state index contributed by atoms with van der Waals surface area (Å²) in [4.78, 5) is 0. The van der Waals surface area contributed by atoms with Gasteiger partial charge in [-0.3, -0.25) is 0 Å². The highest BCUT2D eigenvalue weighted by molar-refractivity contribution is 9.09. The van der Waals surface area contributed by atoms with E-state index in [2.05, 4.69) is 36.7 Å². The molecule has 1 aliphatic rings. The summed E-state index contributed by atoms with van der Waals surface area (Å²) >= 11 is 3.71. The Morgan fingerprint density at radius 2 is 0.525 bits per heavy atom. The van der Waals surface area contributed by atoms with Crippen LogP contribution in [0.1, 0.15) is 317 Å². The zero-order valence-electron chi connectivity index (χ0n) is 40.6. The molecule has 0 aromatic heterocycles. The van der Waals surface area contributed by atoms with E-state index in [0.717, 1.165) is 51.4 Å². The van der Waals surface area contributed by atoms with Crippen molar-refractivity contribution in [2.75, 3.05) is 0 Å². The van der Waals surface area contributed by atoms with Gasteiger partial charge in [-0.2, -0.15) is 0 Å². The standard InChI is InChI=1S/C54H107BrO4/c1-5-8-11-14-17-20-23-26-29-32-35-38-41-44-47-52(56)50(4)59-51(55)53(57,48-45-42-39-36-33-30-27-24-21-18-15-12-9-6-2)54(52,58)49-46-43-40-37-34-31-28-25-22-19-16-13-10-7-3/h50-51,56-58H,5-49H2,1-4H3/t50-,51?,52+,53+,54+/m1/s1. The fourth-order valence-corrected chi connectivity index (χ4v) is 11.2. The molecule has 1 fully saturated rings. The van der Waals surface area contributed by atoms with Crippen molar-refractivity contribution < 1.29 is 20.1 Å². The molecule has 0 amide bonds. The Morgan fingerprint density at radius 1 is 0.322 bits per heavy atom. The largest absolute Gasteiger partial charge is 0.384 e. The minimum absolute atomic E-state index is 0.422. The molecule has 59 heavy (non-hydrogen) atoms. The summed E-state index contributed by atoms with van der Waals surface area (Å²) in [6.45, 7) is 8.78. The second-order valence-electron chi connectivity index (χ2n) is 19.8. The van der Waals surface area contributed by atoms with E-state index in [1.54, 1.807) is 0 Å². The Bertz CT molecular complexity index is 834. The van der Waals surface area contributed by atoms with Gasteiger partial charge in [-0.1, -0.05) is 306 Å². The van der Waals surface area contributed by atoms with Gasteiger partial charge < -0.3 is 20.1 Å². The van der Waals surface area contributed by atoms with Gasteiger partial charge in [0.1, 0.15) is 21.8 Å². The maximum atomic E-state index is 12.8. The van der Waals surface area contributed by atoms with Gasteiger partial charge in [0.05, 0.1) is 6.10 Å². The molecule has 3 N–H and O–H groups in total. The third-order valence-electron chi connectivity index (χ3n) is 14.5. The number of aliphatic hydroxyl groups is 3. The van der Waals surface area contributed by atoms with Crippen molar-refractivity contribution in [1.82, 2.24) is 0 Å². The summed E-state index contributed by atoms with van der Waals surface area (Å²) in [6.07, 6.45) is 54.7. The van der Waals surface area contributed by atoms with Crippen molar-refractivity contribution in [1.29, 1.82) is 0 Å². The molecule has 0 aliphatic carbocycles. The topological polar surface area (TPSA) is 69.9 Å². The minimum Gasteiger partial charge on any atom is -0.384 e. The van der Waals surface area contributed by atoms with E-state index in [1.165, 1.54) is 218 Å². The van der Waals surface area contributed by atoms with E-state index in [1.807, 2.05) is 6.92 Å². The minimum atomic E-state index is -1.62. The first-order chi connectivity index (χ1) is 28.7. The van der Waals surface area contributed by atoms with Crippen LogP contribution in [-0.4, -0.2) is 43.2 Å². The van der Waals surface area contributed by atoms with E-state index >= 15 is 0 Å². The second kappa shape index (κ2) is 38.8. The van der Waals surface area contributed by atoms with E-state index in [-0.39, 0.29) is 0 Å². The van der Waals surface area contributed by atoms with Crippen LogP contribution in [0.2, 0.25) is 0 Å². The molecule has 0 radical (unpaired) electrons. The summed E-state index contributed by atoms with van der Waals surface area (Å²) in [5.74, 6) is 0. The van der Waals surface area contributed by atoms with Crippen molar-refractivity contribution in [3.05, 3.63) is 0 Å². The molecule has 1 aliphatic heterocycles. The fraction of sp³-hybridized carbons (Fsp3) is 1.00. The highest BCUT2D eigenvalue weighted by Crippen LogP contribution is 2.53. The average molecular weight is 900 g/mol. The molecule has 4 nitrogen and oxygen atoms in total. The molecular formula is C54H107BrO4. The van der Waals surface area contributed by atoms with Gasteiger partial charge in [-0.25, -0.2) is 0 Å². The predicted octanol–water partition coefficient (Wildman–Crippen LogP) is 17.9. The first-order valence-electron chi connectivity index (χ1n) is 27.2. The Balaban J connectivity index is 2.62. The predicted molar refractivity (Wildman–Crippen MR) is 263 cm³/mol. The van der Waals surface area contributed by atoms with Crippen LogP contribution >= 0.6 is 15.9 Å². The van der Waals surface area contributed by atoms with Crippen molar-refractivity contribution in [2.24, 2.45) is 0 Å². The van der Waals surface area contributed by atoms with E-state index in [4.69, 9.17) is 4.74 Å². The summed E-state index contributed by atoms with van der Waals surface area (Å²) < 4.78 is 6.33. The number of unbranched alkanes of at least 4 members (excludes halogenated alkanes) is 39. The molecule has 0 saturated carbocycles. The van der Waals surface area contributed by atoms with Crippen LogP contribution in [0, 0.1) is 0 Å². The van der Waals surface area contributed by atoms with Gasteiger partial charge in [-0.05, 0) is 26.2 Å². The molecule has 354 valence electrons. The number of alkyl halides is 1. The maximum Gasteiger partial charge on any atom is 0.144 e. The molecule has 5 heteroatoms. The normalized spacial score (nSPS) is 23.4. The summed E-state index contributed by atoms with van der Waals surface area (Å²) in [6, 6.07) is 0. The van der Waals surface area contributed by atoms with Gasteiger partial charge in [0.15, 0.2) is 0 Å². The Hall–Kier alpha value is 0.320. The Labute approximate surface area is 378 Å². The summed E-state index contributed by atoms with van der Waals surface area (Å²) in [5.41, 5.74) is -4.62. The van der Waals surface area contributed by atoms with Crippen LogP contribution in [0.15, 0.2) is 0 Å². The number of rotatable bonds is 45. The molecule has 1 saturated heterocycles. The third kappa shape index (κ3) is 25.4. The zero-order valence-corrected chi connectivity index (χ0v) is 42.2. The smallest absolute Gasteiger partial charge is 0.144 e. The number of hydrogen-bond acceptors (Lipinski definition) is 4. The molecule has 0 aromatic carbocycles. The maximum absolute atomic E-state index is 12.8. The van der Waals surface area contributed by atoms with Gasteiger partial charge >= 0.3 is 0 Å². The molecule has 0 spiro atoms. The quantitative estimate of drug-likeness (QED) is 0.0421. The number of hydrogen-bond donors (Lipinski definition) is 3. The van der Waals surface area contributed by atoms with Crippen LogP contribution in [-0.2, 0) is 4.74 Å². The molecule has 1 unspecified atom stereocenters. The Morgan fingerprint density at radius 3 is 0.780 bits per heavy atom. The van der Waals surface area contributed by atoms with Crippen LogP contribution in [0.5, 0.6) is 0 Å². The highest BCUT2D eigenvalue weighted by atomic mass is 79.9. The molecular weight excluding hydrogens is 792 g/mol. The number of ether oxygens (including phenoxy) is 1. The first kappa shape index (κ1) is 57.3. The lowest BCUT2D eigenvalue weighted by Crippen LogP contribution is -2.78. The summed E-state index contributed by atoms with van der Waals surface area (Å²) in [7, 11) is 0. The van der Waals surface area contributed by atoms with Crippen molar-refractivity contribution in [3.8, 4) is 0 Å². The second-order valence-corrected chi connectivity index (χ2v) is 20.7. The van der Waals surface area contributed by atoms with E-state index < -0.39 is 27.9 Å². The molecule has 0 aromatic rings. The lowest BCUT2D eigenvalue weighted by Gasteiger charge is -2.60. The van der Waals surface area contributed by atoms with Gasteiger partial charge in [0.25, 0.3) is 0 Å².